The summed E-state index contributed by atoms with van der Waals surface area (Å²) in [5.74, 6) is 2.51. The van der Waals surface area contributed by atoms with E-state index in [1.54, 1.807) is 12.5 Å². The summed E-state index contributed by atoms with van der Waals surface area (Å²) in [5, 5.41) is 8.30. The van der Waals surface area contributed by atoms with Crippen LogP contribution >= 0.6 is 0 Å². The van der Waals surface area contributed by atoms with Crippen LogP contribution in [0, 0.1) is 5.92 Å². The van der Waals surface area contributed by atoms with Gasteiger partial charge in [0.2, 0.25) is 11.8 Å². The summed E-state index contributed by atoms with van der Waals surface area (Å²) in [6, 6.07) is 1.81. The first-order valence-corrected chi connectivity index (χ1v) is 9.43. The Morgan fingerprint density at radius 2 is 1.96 bits per heavy atom. The molecular weight excluding hydrogens is 318 g/mol. The van der Waals surface area contributed by atoms with E-state index in [2.05, 4.69) is 10.2 Å². The van der Waals surface area contributed by atoms with Crippen LogP contribution in [0.5, 0.6) is 0 Å². The number of nitrogens with zero attached hydrogens (tertiary/aromatic N) is 3. The van der Waals surface area contributed by atoms with Crippen molar-refractivity contribution in [3.8, 4) is 11.5 Å². The van der Waals surface area contributed by atoms with Crippen LogP contribution in [0.1, 0.15) is 63.2 Å². The Balaban J connectivity index is 1.27. The maximum atomic E-state index is 12.4. The van der Waals surface area contributed by atoms with E-state index in [0.29, 0.717) is 24.1 Å². The van der Waals surface area contributed by atoms with Crippen LogP contribution < -0.4 is 0 Å². The van der Waals surface area contributed by atoms with E-state index < -0.39 is 0 Å². The van der Waals surface area contributed by atoms with Crippen molar-refractivity contribution in [3.05, 3.63) is 24.5 Å². The highest BCUT2D eigenvalue weighted by Gasteiger charge is 2.28. The minimum Gasteiger partial charge on any atom is -0.472 e. The van der Waals surface area contributed by atoms with Crippen LogP contribution in [0.25, 0.3) is 11.5 Å². The van der Waals surface area contributed by atoms with Gasteiger partial charge >= 0.3 is 0 Å². The van der Waals surface area contributed by atoms with E-state index in [4.69, 9.17) is 8.83 Å². The number of hydrogen-bond acceptors (Lipinski definition) is 5. The maximum absolute atomic E-state index is 12.4. The lowest BCUT2D eigenvalue weighted by Crippen LogP contribution is -2.38. The van der Waals surface area contributed by atoms with Crippen LogP contribution in [0.4, 0.5) is 0 Å². The van der Waals surface area contributed by atoms with Crippen molar-refractivity contribution in [3.63, 3.8) is 0 Å². The van der Waals surface area contributed by atoms with Gasteiger partial charge in [0, 0.05) is 25.4 Å². The lowest BCUT2D eigenvalue weighted by Gasteiger charge is -2.30. The number of carbonyl (C=O) groups is 1. The van der Waals surface area contributed by atoms with Crippen molar-refractivity contribution in [1.29, 1.82) is 0 Å². The molecule has 6 heteroatoms. The minimum atomic E-state index is 0.243. The lowest BCUT2D eigenvalue weighted by atomic mass is 9.96. The minimum absolute atomic E-state index is 0.243. The van der Waals surface area contributed by atoms with Gasteiger partial charge in [-0.05, 0) is 31.2 Å². The van der Waals surface area contributed by atoms with E-state index in [1.807, 2.05) is 11.0 Å². The highest BCUT2D eigenvalue weighted by molar-refractivity contribution is 5.76. The molecule has 1 saturated carbocycles. The van der Waals surface area contributed by atoms with Gasteiger partial charge in [-0.25, -0.2) is 0 Å². The molecule has 134 valence electrons. The summed E-state index contributed by atoms with van der Waals surface area (Å²) in [5.41, 5.74) is 0.804. The zero-order valence-corrected chi connectivity index (χ0v) is 14.5. The molecule has 1 aliphatic carbocycles. The summed E-state index contributed by atoms with van der Waals surface area (Å²) in [7, 11) is 0. The predicted octanol–water partition coefficient (Wildman–Crippen LogP) is 4.01. The topological polar surface area (TPSA) is 72.4 Å². The Hall–Kier alpha value is -2.11. The fourth-order valence-corrected chi connectivity index (χ4v) is 4.06. The Kier molecular flexibility index (Phi) is 4.85. The van der Waals surface area contributed by atoms with Gasteiger partial charge in [-0.2, -0.15) is 0 Å². The first-order valence-electron chi connectivity index (χ1n) is 9.43. The number of likely N-dealkylation sites (tertiary alicyclic amines) is 1. The largest absolute Gasteiger partial charge is 0.472 e. The quantitative estimate of drug-likeness (QED) is 0.820. The van der Waals surface area contributed by atoms with E-state index in [0.717, 1.165) is 43.8 Å². The number of furan rings is 1. The molecule has 1 aliphatic heterocycles. The number of rotatable bonds is 5. The maximum Gasteiger partial charge on any atom is 0.250 e. The highest BCUT2D eigenvalue weighted by atomic mass is 16.4. The molecule has 0 atom stereocenters. The van der Waals surface area contributed by atoms with Crippen molar-refractivity contribution in [1.82, 2.24) is 15.1 Å². The summed E-state index contributed by atoms with van der Waals surface area (Å²) in [4.78, 5) is 14.4. The highest BCUT2D eigenvalue weighted by Crippen LogP contribution is 2.31. The molecule has 2 aromatic rings. The van der Waals surface area contributed by atoms with E-state index in [-0.39, 0.29) is 5.92 Å². The molecule has 1 amide bonds. The SMILES string of the molecule is O=C(CCC1CCCC1)N1CCC(c2nnc(-c3ccoc3)o2)CC1. The smallest absolute Gasteiger partial charge is 0.250 e. The molecule has 4 rings (SSSR count). The molecule has 0 spiro atoms. The summed E-state index contributed by atoms with van der Waals surface area (Å²) < 4.78 is 10.8. The van der Waals surface area contributed by atoms with E-state index >= 15 is 0 Å². The molecular formula is C19H25N3O3. The van der Waals surface area contributed by atoms with E-state index in [1.165, 1.54) is 25.7 Å². The molecule has 0 bridgehead atoms. The van der Waals surface area contributed by atoms with Crippen LogP contribution in [0.15, 0.2) is 27.4 Å². The molecule has 0 unspecified atom stereocenters. The first kappa shape index (κ1) is 16.4. The fraction of sp³-hybridized carbons (Fsp3) is 0.632. The van der Waals surface area contributed by atoms with Gasteiger partial charge in [-0.3, -0.25) is 4.79 Å². The van der Waals surface area contributed by atoms with Gasteiger partial charge in [0.05, 0.1) is 11.8 Å². The second-order valence-corrected chi connectivity index (χ2v) is 7.30. The monoisotopic (exact) mass is 343 g/mol. The molecule has 0 aromatic carbocycles. The number of hydrogen-bond donors (Lipinski definition) is 0. The second-order valence-electron chi connectivity index (χ2n) is 7.30. The Morgan fingerprint density at radius 3 is 2.68 bits per heavy atom. The standard InChI is InChI=1S/C19H25N3O3/c23-17(6-5-14-3-1-2-4-14)22-10-7-15(8-11-22)18-20-21-19(25-18)16-9-12-24-13-16/h9,12-15H,1-8,10-11H2. The van der Waals surface area contributed by atoms with Crippen molar-refractivity contribution in [2.24, 2.45) is 5.92 Å². The summed E-state index contributed by atoms with van der Waals surface area (Å²) in [6.45, 7) is 1.58. The van der Waals surface area contributed by atoms with Crippen molar-refractivity contribution < 1.29 is 13.6 Å². The third-order valence-electron chi connectivity index (χ3n) is 5.65. The third-order valence-corrected chi connectivity index (χ3v) is 5.65. The average Bonchev–Trinajstić information content (AvgIpc) is 3.42. The second kappa shape index (κ2) is 7.42. The molecule has 1 saturated heterocycles. The molecule has 2 aromatic heterocycles. The molecule has 0 N–H and O–H groups in total. The number of amides is 1. The molecule has 6 nitrogen and oxygen atoms in total. The van der Waals surface area contributed by atoms with Gasteiger partial charge in [0.1, 0.15) is 6.26 Å². The van der Waals surface area contributed by atoms with Crippen LogP contribution in [-0.4, -0.2) is 34.1 Å². The molecule has 0 radical (unpaired) electrons. The van der Waals surface area contributed by atoms with Gasteiger partial charge < -0.3 is 13.7 Å². The number of aromatic nitrogens is 2. The predicted molar refractivity (Wildman–Crippen MR) is 91.7 cm³/mol. The molecule has 2 aliphatic rings. The van der Waals surface area contributed by atoms with Crippen LogP contribution in [0.3, 0.4) is 0 Å². The summed E-state index contributed by atoms with van der Waals surface area (Å²) >= 11 is 0. The van der Waals surface area contributed by atoms with Crippen LogP contribution in [-0.2, 0) is 4.79 Å². The van der Waals surface area contributed by atoms with Crippen molar-refractivity contribution >= 4 is 5.91 Å². The number of piperidine rings is 1. The van der Waals surface area contributed by atoms with Gasteiger partial charge in [-0.15, -0.1) is 10.2 Å². The molecule has 2 fully saturated rings. The summed E-state index contributed by atoms with van der Waals surface area (Å²) in [6.07, 6.45) is 12.1. The Bertz CT molecular complexity index is 681. The lowest BCUT2D eigenvalue weighted by molar-refractivity contribution is -0.132. The van der Waals surface area contributed by atoms with Crippen molar-refractivity contribution in [2.45, 2.75) is 57.3 Å². The number of carbonyl (C=O) groups excluding carboxylic acids is 1. The molecule has 25 heavy (non-hydrogen) atoms. The van der Waals surface area contributed by atoms with Crippen LogP contribution in [0.2, 0.25) is 0 Å². The fourth-order valence-electron chi connectivity index (χ4n) is 4.06. The Labute approximate surface area is 147 Å². The zero-order valence-electron chi connectivity index (χ0n) is 14.5. The first-order chi connectivity index (χ1) is 12.3. The van der Waals surface area contributed by atoms with Gasteiger partial charge in [0.15, 0.2) is 0 Å². The Morgan fingerprint density at radius 1 is 1.16 bits per heavy atom. The molecule has 3 heterocycles. The average molecular weight is 343 g/mol. The van der Waals surface area contributed by atoms with E-state index in [9.17, 15) is 4.79 Å². The van der Waals surface area contributed by atoms with Gasteiger partial charge in [-0.1, -0.05) is 25.7 Å². The third kappa shape index (κ3) is 3.78. The normalized spacial score (nSPS) is 19.6. The van der Waals surface area contributed by atoms with Crippen molar-refractivity contribution in [2.75, 3.05) is 13.1 Å². The zero-order chi connectivity index (χ0) is 17.1. The van der Waals surface area contributed by atoms with Gasteiger partial charge in [0.25, 0.3) is 5.89 Å².